The Labute approximate surface area is 117 Å². The number of nitrogens with one attached hydrogen (secondary N) is 1. The summed E-state index contributed by atoms with van der Waals surface area (Å²) in [6.07, 6.45) is 3.62. The van der Waals surface area contributed by atoms with Crippen molar-refractivity contribution >= 4 is 12.0 Å². The number of likely N-dealkylation sites (tertiary alicyclic amines) is 1. The molecule has 0 unspecified atom stereocenters. The Hall–Kier alpha value is -2.05. The Balaban J connectivity index is 2.03. The molecule has 0 aliphatic carbocycles. The van der Waals surface area contributed by atoms with Gasteiger partial charge in [0.1, 0.15) is 6.54 Å². The fraction of sp³-hybridized carbons (Fsp3) is 0.615. The molecule has 20 heavy (non-hydrogen) atoms. The van der Waals surface area contributed by atoms with Crippen LogP contribution in [0.3, 0.4) is 0 Å². The lowest BCUT2D eigenvalue weighted by Crippen LogP contribution is -2.42. The van der Waals surface area contributed by atoms with Crippen molar-refractivity contribution in [3.05, 3.63) is 18.0 Å². The largest absolute Gasteiger partial charge is 0.468 e. The molecule has 1 aliphatic heterocycles. The van der Waals surface area contributed by atoms with Gasteiger partial charge in [-0.1, -0.05) is 0 Å². The van der Waals surface area contributed by atoms with E-state index in [0.717, 1.165) is 25.1 Å². The van der Waals surface area contributed by atoms with E-state index >= 15 is 0 Å². The molecule has 1 atom stereocenters. The highest BCUT2D eigenvalue weighted by atomic mass is 16.5. The summed E-state index contributed by atoms with van der Waals surface area (Å²) in [4.78, 5) is 25.0. The lowest BCUT2D eigenvalue weighted by molar-refractivity contribution is -0.139. The van der Waals surface area contributed by atoms with Gasteiger partial charge in [-0.3, -0.25) is 9.48 Å². The molecule has 2 amide bonds. The summed E-state index contributed by atoms with van der Waals surface area (Å²) in [7, 11) is 1.30. The van der Waals surface area contributed by atoms with Crippen LogP contribution in [0.2, 0.25) is 0 Å². The van der Waals surface area contributed by atoms with Gasteiger partial charge in [0, 0.05) is 19.3 Å². The zero-order valence-corrected chi connectivity index (χ0v) is 11.8. The third-order valence-electron chi connectivity index (χ3n) is 3.52. The quantitative estimate of drug-likeness (QED) is 0.832. The van der Waals surface area contributed by atoms with Crippen LogP contribution in [-0.2, 0) is 16.1 Å². The number of hydrogen-bond donors (Lipinski definition) is 1. The Kier molecular flexibility index (Phi) is 4.60. The number of amides is 2. The number of carbonyl (C=O) groups is 2. The van der Waals surface area contributed by atoms with Gasteiger partial charge in [-0.05, 0) is 25.8 Å². The molecular formula is C13H20N4O3. The van der Waals surface area contributed by atoms with E-state index < -0.39 is 5.97 Å². The van der Waals surface area contributed by atoms with E-state index in [9.17, 15) is 9.59 Å². The van der Waals surface area contributed by atoms with E-state index in [-0.39, 0.29) is 18.6 Å². The van der Waals surface area contributed by atoms with Crippen LogP contribution in [0.15, 0.2) is 12.3 Å². The molecule has 7 heteroatoms. The summed E-state index contributed by atoms with van der Waals surface area (Å²) in [5.74, 6) is -0.451. The number of esters is 1. The average molecular weight is 280 g/mol. The minimum Gasteiger partial charge on any atom is -0.468 e. The SMILES string of the molecule is CCn1nccc1[C@H]1CCCN1C(=O)NCC(=O)OC. The standard InChI is InChI=1S/C13H20N4O3/c1-3-17-11(6-7-15-17)10-5-4-8-16(10)13(19)14-9-12(18)20-2/h6-7,10H,3-5,8-9H2,1-2H3,(H,14,19)/t10-/m1/s1. The molecule has 1 aromatic heterocycles. The lowest BCUT2D eigenvalue weighted by atomic mass is 10.1. The highest BCUT2D eigenvalue weighted by Crippen LogP contribution is 2.31. The zero-order valence-electron chi connectivity index (χ0n) is 11.8. The fourth-order valence-corrected chi connectivity index (χ4v) is 2.53. The molecule has 110 valence electrons. The molecule has 7 nitrogen and oxygen atoms in total. The summed E-state index contributed by atoms with van der Waals surface area (Å²) >= 11 is 0. The summed E-state index contributed by atoms with van der Waals surface area (Å²) in [6, 6.07) is 1.73. The van der Waals surface area contributed by atoms with Crippen molar-refractivity contribution in [2.75, 3.05) is 20.2 Å². The molecule has 0 radical (unpaired) electrons. The van der Waals surface area contributed by atoms with Crippen LogP contribution in [0.25, 0.3) is 0 Å². The molecule has 0 spiro atoms. The molecule has 2 rings (SSSR count). The lowest BCUT2D eigenvalue weighted by Gasteiger charge is -2.25. The third kappa shape index (κ3) is 2.92. The second kappa shape index (κ2) is 6.40. The van der Waals surface area contributed by atoms with E-state index in [2.05, 4.69) is 15.2 Å². The number of nitrogens with zero attached hydrogens (tertiary/aromatic N) is 3. The number of methoxy groups -OCH3 is 1. The van der Waals surface area contributed by atoms with Crippen molar-refractivity contribution in [1.29, 1.82) is 0 Å². The molecule has 2 heterocycles. The van der Waals surface area contributed by atoms with Crippen LogP contribution >= 0.6 is 0 Å². The van der Waals surface area contributed by atoms with E-state index in [0.29, 0.717) is 6.54 Å². The van der Waals surface area contributed by atoms with Gasteiger partial charge in [-0.15, -0.1) is 0 Å². The topological polar surface area (TPSA) is 76.5 Å². The first-order chi connectivity index (χ1) is 9.67. The second-order valence-corrected chi connectivity index (χ2v) is 4.66. The van der Waals surface area contributed by atoms with E-state index in [1.54, 1.807) is 11.1 Å². The maximum Gasteiger partial charge on any atom is 0.325 e. The first-order valence-electron chi connectivity index (χ1n) is 6.80. The van der Waals surface area contributed by atoms with Gasteiger partial charge in [0.2, 0.25) is 0 Å². The molecule has 1 aliphatic rings. The fourth-order valence-electron chi connectivity index (χ4n) is 2.53. The van der Waals surface area contributed by atoms with Gasteiger partial charge in [-0.2, -0.15) is 5.10 Å². The number of aromatic nitrogens is 2. The van der Waals surface area contributed by atoms with Crippen LogP contribution in [0.5, 0.6) is 0 Å². The number of hydrogen-bond acceptors (Lipinski definition) is 4. The second-order valence-electron chi connectivity index (χ2n) is 4.66. The van der Waals surface area contributed by atoms with Crippen molar-refractivity contribution in [3.8, 4) is 0 Å². The van der Waals surface area contributed by atoms with Crippen LogP contribution in [-0.4, -0.2) is 46.9 Å². The highest BCUT2D eigenvalue weighted by molar-refractivity contribution is 5.81. The predicted molar refractivity (Wildman–Crippen MR) is 72.0 cm³/mol. The smallest absolute Gasteiger partial charge is 0.325 e. The Morgan fingerprint density at radius 2 is 2.35 bits per heavy atom. The molecule has 0 bridgehead atoms. The molecule has 1 N–H and O–H groups in total. The first kappa shape index (κ1) is 14.4. The number of aryl methyl sites for hydroxylation is 1. The maximum absolute atomic E-state index is 12.1. The maximum atomic E-state index is 12.1. The van der Waals surface area contributed by atoms with Gasteiger partial charge >= 0.3 is 12.0 Å². The van der Waals surface area contributed by atoms with Gasteiger partial charge in [0.25, 0.3) is 0 Å². The highest BCUT2D eigenvalue weighted by Gasteiger charge is 2.32. The van der Waals surface area contributed by atoms with E-state index in [4.69, 9.17) is 0 Å². The molecule has 1 saturated heterocycles. The monoisotopic (exact) mass is 280 g/mol. The van der Waals surface area contributed by atoms with Crippen molar-refractivity contribution in [3.63, 3.8) is 0 Å². The van der Waals surface area contributed by atoms with Crippen molar-refractivity contribution in [2.24, 2.45) is 0 Å². The Morgan fingerprint density at radius 3 is 3.05 bits per heavy atom. The summed E-state index contributed by atoms with van der Waals surface area (Å²) in [6.45, 7) is 3.38. The van der Waals surface area contributed by atoms with Gasteiger partial charge in [0.15, 0.2) is 0 Å². The minimum atomic E-state index is -0.451. The molecule has 1 aromatic rings. The number of rotatable bonds is 4. The molecule has 0 saturated carbocycles. The van der Waals surface area contributed by atoms with E-state index in [1.165, 1.54) is 7.11 Å². The molecular weight excluding hydrogens is 260 g/mol. The first-order valence-corrected chi connectivity index (χ1v) is 6.80. The van der Waals surface area contributed by atoms with Gasteiger partial charge in [-0.25, -0.2) is 4.79 Å². The summed E-state index contributed by atoms with van der Waals surface area (Å²) in [5, 5.41) is 6.83. The van der Waals surface area contributed by atoms with Gasteiger partial charge < -0.3 is 15.0 Å². The predicted octanol–water partition coefficient (Wildman–Crippen LogP) is 0.922. The van der Waals surface area contributed by atoms with Crippen LogP contribution in [0.4, 0.5) is 4.79 Å². The summed E-state index contributed by atoms with van der Waals surface area (Å²) < 4.78 is 6.41. The van der Waals surface area contributed by atoms with Crippen molar-refractivity contribution in [2.45, 2.75) is 32.4 Å². The van der Waals surface area contributed by atoms with Crippen LogP contribution in [0, 0.1) is 0 Å². The van der Waals surface area contributed by atoms with Crippen molar-refractivity contribution in [1.82, 2.24) is 20.0 Å². The minimum absolute atomic E-state index is 0.0232. The van der Waals surface area contributed by atoms with Gasteiger partial charge in [0.05, 0.1) is 18.8 Å². The summed E-state index contributed by atoms with van der Waals surface area (Å²) in [5.41, 5.74) is 1.04. The zero-order chi connectivity index (χ0) is 14.5. The number of carbonyl (C=O) groups excluding carboxylic acids is 2. The van der Waals surface area contributed by atoms with Crippen molar-refractivity contribution < 1.29 is 14.3 Å². The molecule has 1 fully saturated rings. The van der Waals surface area contributed by atoms with Crippen LogP contribution < -0.4 is 5.32 Å². The number of ether oxygens (including phenoxy) is 1. The Bertz CT molecular complexity index is 486. The average Bonchev–Trinajstić information content (AvgIpc) is 3.11. The molecule has 0 aromatic carbocycles. The van der Waals surface area contributed by atoms with E-state index in [1.807, 2.05) is 17.7 Å². The number of urea groups is 1. The normalized spacial score (nSPS) is 18.1. The third-order valence-corrected chi connectivity index (χ3v) is 3.52. The Morgan fingerprint density at radius 1 is 1.55 bits per heavy atom. The van der Waals surface area contributed by atoms with Crippen LogP contribution in [0.1, 0.15) is 31.5 Å².